The smallest absolute Gasteiger partial charge is 0.163 e. The maximum atomic E-state index is 11.3. The van der Waals surface area contributed by atoms with Crippen molar-refractivity contribution >= 4 is 5.78 Å². The maximum absolute atomic E-state index is 11.3. The van der Waals surface area contributed by atoms with Crippen LogP contribution in [0.15, 0.2) is 18.2 Å². The summed E-state index contributed by atoms with van der Waals surface area (Å²) in [5.41, 5.74) is 1.78. The fourth-order valence-corrected chi connectivity index (χ4v) is 1.63. The van der Waals surface area contributed by atoms with Gasteiger partial charge in [0.05, 0.1) is 0 Å². The molecule has 1 radical (unpaired) electrons. The van der Waals surface area contributed by atoms with Crippen LogP contribution in [-0.2, 0) is 39.1 Å². The van der Waals surface area contributed by atoms with Crippen LogP contribution in [0.5, 0.6) is 5.75 Å². The first-order valence-electron chi connectivity index (χ1n) is 4.12. The summed E-state index contributed by atoms with van der Waals surface area (Å²) in [5.74, 6) is 0.458. The van der Waals surface area contributed by atoms with E-state index >= 15 is 0 Å². The number of aryl methyl sites for hydroxylation is 1. The third-order valence-corrected chi connectivity index (χ3v) is 2.24. The Morgan fingerprint density at radius 3 is 2.64 bits per heavy atom. The van der Waals surface area contributed by atoms with Crippen molar-refractivity contribution in [2.75, 3.05) is 0 Å². The van der Waals surface area contributed by atoms with Crippen molar-refractivity contribution in [2.24, 2.45) is 0 Å². The fourth-order valence-electron chi connectivity index (χ4n) is 1.63. The topological polar surface area (TPSA) is 68.8 Å². The van der Waals surface area contributed by atoms with Crippen LogP contribution in [0.4, 0.5) is 0 Å². The number of benzene rings is 1. The molecule has 0 bridgehead atoms. The molecule has 0 heterocycles. The van der Waals surface area contributed by atoms with E-state index in [4.69, 9.17) is 5.11 Å². The number of phenols is 1. The standard InChI is InChI=1S/C10H10O2.H2O.Y/c11-8-4-5-9-7(6-8)2-1-3-10(9)12;;/h4-6,11H,1-3H2;1H2;. The number of fused-ring (bicyclic) bond motifs is 1. The van der Waals surface area contributed by atoms with Crippen LogP contribution in [0.2, 0.25) is 0 Å². The molecular formula is C10H12O3Y. The van der Waals surface area contributed by atoms with Crippen LogP contribution in [0, 0.1) is 0 Å². The van der Waals surface area contributed by atoms with Crippen molar-refractivity contribution < 1.29 is 48.1 Å². The minimum Gasteiger partial charge on any atom is -0.508 e. The van der Waals surface area contributed by atoms with E-state index in [1.165, 1.54) is 0 Å². The number of hydrogen-bond acceptors (Lipinski definition) is 2. The number of Topliss-reactive ketones (excluding diaryl/α,β-unsaturated/α-hetero) is 1. The van der Waals surface area contributed by atoms with E-state index < -0.39 is 0 Å². The molecule has 3 nitrogen and oxygen atoms in total. The van der Waals surface area contributed by atoms with Gasteiger partial charge in [0.1, 0.15) is 5.75 Å². The van der Waals surface area contributed by atoms with Crippen molar-refractivity contribution in [3.63, 3.8) is 0 Å². The first-order chi connectivity index (χ1) is 5.77. The molecule has 0 amide bonds. The van der Waals surface area contributed by atoms with Gasteiger partial charge in [0, 0.05) is 44.7 Å². The van der Waals surface area contributed by atoms with E-state index in [0.717, 1.165) is 24.0 Å². The van der Waals surface area contributed by atoms with Gasteiger partial charge in [-0.2, -0.15) is 0 Å². The van der Waals surface area contributed by atoms with Gasteiger partial charge >= 0.3 is 0 Å². The molecule has 4 heteroatoms. The molecule has 0 fully saturated rings. The molecule has 1 aromatic rings. The molecule has 2 rings (SSSR count). The molecule has 0 spiro atoms. The molecule has 0 aromatic heterocycles. The summed E-state index contributed by atoms with van der Waals surface area (Å²) in [7, 11) is 0. The molecule has 1 aliphatic carbocycles. The fraction of sp³-hybridized carbons (Fsp3) is 0.300. The molecule has 0 aliphatic heterocycles. The Balaban J connectivity index is 0.000000845. The Kier molecular flexibility index (Phi) is 5.49. The predicted octanol–water partition coefficient (Wildman–Crippen LogP) is 1.08. The van der Waals surface area contributed by atoms with Gasteiger partial charge in [-0.3, -0.25) is 4.79 Å². The zero-order chi connectivity index (χ0) is 8.55. The zero-order valence-corrected chi connectivity index (χ0v) is 10.6. The quantitative estimate of drug-likeness (QED) is 0.765. The Morgan fingerprint density at radius 1 is 1.21 bits per heavy atom. The second-order valence-electron chi connectivity index (χ2n) is 3.12. The molecule has 1 aliphatic rings. The van der Waals surface area contributed by atoms with E-state index in [0.29, 0.717) is 6.42 Å². The summed E-state index contributed by atoms with van der Waals surface area (Å²) in [6, 6.07) is 4.97. The summed E-state index contributed by atoms with van der Waals surface area (Å²) in [6.07, 6.45) is 2.47. The van der Waals surface area contributed by atoms with Gasteiger partial charge in [0.15, 0.2) is 5.78 Å². The largest absolute Gasteiger partial charge is 0.508 e. The first kappa shape index (κ1) is 13.8. The summed E-state index contributed by atoms with van der Waals surface area (Å²) >= 11 is 0. The van der Waals surface area contributed by atoms with Crippen molar-refractivity contribution in [3.05, 3.63) is 29.3 Å². The summed E-state index contributed by atoms with van der Waals surface area (Å²) in [6.45, 7) is 0. The number of rotatable bonds is 0. The van der Waals surface area contributed by atoms with Crippen LogP contribution in [0.25, 0.3) is 0 Å². The number of ketones is 1. The van der Waals surface area contributed by atoms with Gasteiger partial charge in [-0.05, 0) is 36.6 Å². The number of aromatic hydroxyl groups is 1. The molecule has 1 aromatic carbocycles. The Hall–Kier alpha value is -0.246. The molecule has 3 N–H and O–H groups in total. The van der Waals surface area contributed by atoms with E-state index in [9.17, 15) is 4.79 Å². The average Bonchev–Trinajstić information content (AvgIpc) is 2.04. The third kappa shape index (κ3) is 2.63. The van der Waals surface area contributed by atoms with Crippen molar-refractivity contribution in [1.29, 1.82) is 0 Å². The zero-order valence-electron chi connectivity index (χ0n) is 7.79. The molecule has 0 unspecified atom stereocenters. The van der Waals surface area contributed by atoms with Gasteiger partial charge in [0.2, 0.25) is 0 Å². The maximum Gasteiger partial charge on any atom is 0.163 e. The third-order valence-electron chi connectivity index (χ3n) is 2.24. The normalized spacial score (nSPS) is 13.6. The summed E-state index contributed by atoms with van der Waals surface area (Å²) < 4.78 is 0. The summed E-state index contributed by atoms with van der Waals surface area (Å²) in [5, 5.41) is 9.16. The van der Waals surface area contributed by atoms with Crippen molar-refractivity contribution in [3.8, 4) is 5.75 Å². The Bertz CT molecular complexity index is 336. The summed E-state index contributed by atoms with van der Waals surface area (Å²) in [4.78, 5) is 11.3. The van der Waals surface area contributed by atoms with Crippen LogP contribution >= 0.6 is 0 Å². The van der Waals surface area contributed by atoms with Crippen LogP contribution < -0.4 is 0 Å². The van der Waals surface area contributed by atoms with Gasteiger partial charge < -0.3 is 10.6 Å². The molecule has 0 saturated carbocycles. The number of carbonyl (C=O) groups is 1. The Morgan fingerprint density at radius 2 is 1.93 bits per heavy atom. The molecular weight excluding hydrogens is 257 g/mol. The second kappa shape index (κ2) is 5.59. The van der Waals surface area contributed by atoms with E-state index in [-0.39, 0.29) is 49.7 Å². The number of phenolic OH excluding ortho intramolecular Hbond substituents is 1. The van der Waals surface area contributed by atoms with E-state index in [2.05, 4.69) is 0 Å². The second-order valence-corrected chi connectivity index (χ2v) is 3.12. The van der Waals surface area contributed by atoms with Crippen LogP contribution in [0.1, 0.15) is 28.8 Å². The first-order valence-corrected chi connectivity index (χ1v) is 4.12. The van der Waals surface area contributed by atoms with Gasteiger partial charge in [-0.15, -0.1) is 0 Å². The predicted molar refractivity (Wildman–Crippen MR) is 49.0 cm³/mol. The SMILES string of the molecule is O.O=C1CCCc2cc(O)ccc21.[Y]. The van der Waals surface area contributed by atoms with Gasteiger partial charge in [-0.1, -0.05) is 0 Å². The van der Waals surface area contributed by atoms with Crippen molar-refractivity contribution in [2.45, 2.75) is 19.3 Å². The Labute approximate surface area is 108 Å². The van der Waals surface area contributed by atoms with Crippen LogP contribution in [0.3, 0.4) is 0 Å². The monoisotopic (exact) mass is 269 g/mol. The molecule has 0 atom stereocenters. The molecule has 73 valence electrons. The number of carbonyl (C=O) groups excluding carboxylic acids is 1. The van der Waals surface area contributed by atoms with Crippen LogP contribution in [-0.4, -0.2) is 16.4 Å². The minimum absolute atomic E-state index is 0. The molecule has 0 saturated heterocycles. The van der Waals surface area contributed by atoms with Crippen molar-refractivity contribution in [1.82, 2.24) is 0 Å². The van der Waals surface area contributed by atoms with Gasteiger partial charge in [0.25, 0.3) is 0 Å². The molecule has 14 heavy (non-hydrogen) atoms. The van der Waals surface area contributed by atoms with E-state index in [1.807, 2.05) is 0 Å². The average molecular weight is 269 g/mol. The minimum atomic E-state index is 0. The number of hydrogen-bond donors (Lipinski definition) is 1. The van der Waals surface area contributed by atoms with Gasteiger partial charge in [-0.25, -0.2) is 0 Å². The van der Waals surface area contributed by atoms with E-state index in [1.54, 1.807) is 18.2 Å².